The minimum atomic E-state index is -1.00. The third kappa shape index (κ3) is 5.66. The van der Waals surface area contributed by atoms with Gasteiger partial charge in [0.15, 0.2) is 0 Å². The van der Waals surface area contributed by atoms with Crippen LogP contribution in [-0.4, -0.2) is 17.4 Å². The van der Waals surface area contributed by atoms with Crippen LogP contribution in [0.25, 0.3) is 0 Å². The van der Waals surface area contributed by atoms with E-state index in [0.29, 0.717) is 5.69 Å². The zero-order valence-electron chi connectivity index (χ0n) is 11.4. The Balaban J connectivity index is 0.00000324. The van der Waals surface area contributed by atoms with Gasteiger partial charge in [-0.2, -0.15) is 17.7 Å². The molecule has 99 valence electrons. The third-order valence-corrected chi connectivity index (χ3v) is 2.39. The predicted octanol–water partition coefficient (Wildman–Crippen LogP) is 1.81. The number of hydrogen-bond acceptors (Lipinski definition) is 2. The second-order valence-electron chi connectivity index (χ2n) is 4.53. The molecule has 0 bridgehead atoms. The van der Waals surface area contributed by atoms with E-state index in [0.717, 1.165) is 11.6 Å². The fraction of sp³-hybridized carbons (Fsp3) is 0.286. The first-order valence-electron chi connectivity index (χ1n) is 5.59. The molecule has 4 nitrogen and oxygen atoms in total. The fourth-order valence-corrected chi connectivity index (χ4v) is 1.37. The van der Waals surface area contributed by atoms with Crippen molar-refractivity contribution in [1.82, 2.24) is 5.32 Å². The maximum atomic E-state index is 12.0. The molecule has 2 amide bonds. The summed E-state index contributed by atoms with van der Waals surface area (Å²) in [6, 6.07) is 8.28. The van der Waals surface area contributed by atoms with Gasteiger partial charge in [-0.25, -0.2) is 0 Å². The molecule has 0 saturated carbocycles. The molecule has 0 aromatic heterocycles. The summed E-state index contributed by atoms with van der Waals surface area (Å²) in [7, 11) is 0. The number of hydrogen-bond donors (Lipinski definition) is 2. The minimum absolute atomic E-state index is 0. The monoisotopic (exact) mass is 334 g/mol. The summed E-state index contributed by atoms with van der Waals surface area (Å²) in [6.45, 7) is 8.50. The van der Waals surface area contributed by atoms with Crippen LogP contribution in [0, 0.1) is 13.0 Å². The van der Waals surface area contributed by atoms with Crippen molar-refractivity contribution in [2.45, 2.75) is 26.3 Å². The van der Waals surface area contributed by atoms with Gasteiger partial charge in [-0.05, 0) is 19.9 Å². The number of carbonyl (C=O) groups is 2. The molecule has 0 spiro atoms. The zero-order chi connectivity index (χ0) is 13.8. The van der Waals surface area contributed by atoms with E-state index >= 15 is 0 Å². The Hall–Kier alpha value is -0.996. The minimum Gasteiger partial charge on any atom is -0.347 e. The molecule has 0 aliphatic heterocycles. The summed E-state index contributed by atoms with van der Waals surface area (Å²) in [5.41, 5.74) is 0.608. The maximum Gasteiger partial charge on any atom is 0.247 e. The fourth-order valence-electron chi connectivity index (χ4n) is 1.37. The largest absolute Gasteiger partial charge is 0.347 e. The molecule has 0 fully saturated rings. The molecule has 1 radical (unpaired) electrons. The SMILES string of the molecule is C=CC(=O)NC(C)(C)C(=O)Nc1cc[c-]c(C)c1.[Y]. The van der Waals surface area contributed by atoms with Crippen LogP contribution in [0.3, 0.4) is 0 Å². The Labute approximate surface area is 138 Å². The summed E-state index contributed by atoms with van der Waals surface area (Å²) in [6.07, 6.45) is 1.14. The van der Waals surface area contributed by atoms with Crippen LogP contribution in [0.1, 0.15) is 19.4 Å². The Morgan fingerprint density at radius 3 is 2.58 bits per heavy atom. The Morgan fingerprint density at radius 1 is 1.42 bits per heavy atom. The quantitative estimate of drug-likeness (QED) is 0.652. The van der Waals surface area contributed by atoms with Gasteiger partial charge >= 0.3 is 0 Å². The molecular weight excluding hydrogens is 317 g/mol. The number of aryl methyl sites for hydroxylation is 1. The van der Waals surface area contributed by atoms with Gasteiger partial charge in [0.1, 0.15) is 5.54 Å². The van der Waals surface area contributed by atoms with Crippen molar-refractivity contribution in [3.05, 3.63) is 42.5 Å². The van der Waals surface area contributed by atoms with Crippen molar-refractivity contribution in [3.8, 4) is 0 Å². The average molecular weight is 334 g/mol. The molecule has 1 aromatic carbocycles. The normalized spacial score (nSPS) is 10.1. The maximum absolute atomic E-state index is 12.0. The van der Waals surface area contributed by atoms with E-state index < -0.39 is 5.54 Å². The Morgan fingerprint density at radius 2 is 2.05 bits per heavy atom. The van der Waals surface area contributed by atoms with E-state index in [2.05, 4.69) is 23.3 Å². The summed E-state index contributed by atoms with van der Waals surface area (Å²) in [5, 5.41) is 5.31. The Kier molecular flexibility index (Phi) is 7.16. The van der Waals surface area contributed by atoms with Crippen LogP contribution in [0.5, 0.6) is 0 Å². The number of anilines is 1. The van der Waals surface area contributed by atoms with Gasteiger partial charge in [-0.3, -0.25) is 9.59 Å². The Bertz CT molecular complexity index is 484. The van der Waals surface area contributed by atoms with E-state index in [4.69, 9.17) is 0 Å². The molecule has 0 aliphatic rings. The standard InChI is InChI=1S/C14H17N2O2.Y/c1-5-12(17)16-14(3,4)13(18)15-11-8-6-7-10(2)9-11;/h5-6,8-9H,1H2,2-4H3,(H,15,18)(H,16,17);/q-1;. The van der Waals surface area contributed by atoms with Gasteiger partial charge in [-0.1, -0.05) is 19.2 Å². The van der Waals surface area contributed by atoms with Gasteiger partial charge in [0, 0.05) is 32.7 Å². The summed E-state index contributed by atoms with van der Waals surface area (Å²) in [4.78, 5) is 23.3. The third-order valence-electron chi connectivity index (χ3n) is 2.39. The molecule has 19 heavy (non-hydrogen) atoms. The van der Waals surface area contributed by atoms with Crippen molar-refractivity contribution in [1.29, 1.82) is 0 Å². The summed E-state index contributed by atoms with van der Waals surface area (Å²) < 4.78 is 0. The van der Waals surface area contributed by atoms with Crippen LogP contribution in [0.15, 0.2) is 30.9 Å². The molecule has 0 unspecified atom stereocenters. The van der Waals surface area contributed by atoms with E-state index in [1.807, 2.05) is 13.0 Å². The molecule has 1 rings (SSSR count). The van der Waals surface area contributed by atoms with Gasteiger partial charge in [0.05, 0.1) is 0 Å². The first kappa shape index (κ1) is 18.0. The summed E-state index contributed by atoms with van der Waals surface area (Å²) >= 11 is 0. The van der Waals surface area contributed by atoms with Crippen molar-refractivity contribution < 1.29 is 42.3 Å². The van der Waals surface area contributed by atoms with Crippen LogP contribution in [-0.2, 0) is 42.3 Å². The topological polar surface area (TPSA) is 58.2 Å². The van der Waals surface area contributed by atoms with Crippen molar-refractivity contribution in [3.63, 3.8) is 0 Å². The molecule has 0 saturated heterocycles. The van der Waals surface area contributed by atoms with Crippen LogP contribution in [0.2, 0.25) is 0 Å². The first-order valence-corrected chi connectivity index (χ1v) is 5.59. The van der Waals surface area contributed by atoms with E-state index in [1.165, 1.54) is 0 Å². The van der Waals surface area contributed by atoms with Gasteiger partial charge in [0.25, 0.3) is 0 Å². The molecular formula is C14H17N2O2Y-. The van der Waals surface area contributed by atoms with Crippen molar-refractivity contribution in [2.75, 3.05) is 5.32 Å². The second-order valence-corrected chi connectivity index (χ2v) is 4.53. The number of amides is 2. The average Bonchev–Trinajstić information content (AvgIpc) is 2.28. The van der Waals surface area contributed by atoms with Gasteiger partial charge < -0.3 is 10.6 Å². The number of carbonyl (C=O) groups excluding carboxylic acids is 2. The molecule has 5 heteroatoms. The van der Waals surface area contributed by atoms with Gasteiger partial charge in [-0.15, -0.1) is 12.1 Å². The van der Waals surface area contributed by atoms with Crippen molar-refractivity contribution >= 4 is 17.5 Å². The van der Waals surface area contributed by atoms with E-state index in [-0.39, 0.29) is 44.5 Å². The van der Waals surface area contributed by atoms with E-state index in [1.54, 1.807) is 26.0 Å². The van der Waals surface area contributed by atoms with Crippen molar-refractivity contribution in [2.24, 2.45) is 0 Å². The van der Waals surface area contributed by atoms with Crippen LogP contribution < -0.4 is 10.6 Å². The van der Waals surface area contributed by atoms with Gasteiger partial charge in [0.2, 0.25) is 11.8 Å². The molecule has 2 N–H and O–H groups in total. The molecule has 0 heterocycles. The smallest absolute Gasteiger partial charge is 0.247 e. The molecule has 0 aliphatic carbocycles. The summed E-state index contributed by atoms with van der Waals surface area (Å²) in [5.74, 6) is -0.670. The van der Waals surface area contributed by atoms with Crippen LogP contribution in [0.4, 0.5) is 5.69 Å². The number of nitrogens with one attached hydrogen (secondary N) is 2. The zero-order valence-corrected chi connectivity index (χ0v) is 14.2. The number of benzene rings is 1. The predicted molar refractivity (Wildman–Crippen MR) is 71.1 cm³/mol. The molecule has 0 atom stereocenters. The molecule has 1 aromatic rings. The van der Waals surface area contributed by atoms with Crippen LogP contribution >= 0.6 is 0 Å². The first-order chi connectivity index (χ1) is 8.35. The second kappa shape index (κ2) is 7.56. The number of rotatable bonds is 4. The van der Waals surface area contributed by atoms with E-state index in [9.17, 15) is 9.59 Å².